The van der Waals surface area contributed by atoms with Crippen LogP contribution in [-0.2, 0) is 6.18 Å². The van der Waals surface area contributed by atoms with Crippen molar-refractivity contribution in [3.8, 4) is 5.69 Å². The van der Waals surface area contributed by atoms with E-state index < -0.39 is 11.7 Å². The zero-order chi connectivity index (χ0) is 21.3. The molecule has 0 saturated carbocycles. The molecule has 1 aliphatic rings. The van der Waals surface area contributed by atoms with Crippen LogP contribution in [0.4, 0.5) is 19.1 Å². The quantitative estimate of drug-likeness (QED) is 0.646. The van der Waals surface area contributed by atoms with E-state index in [1.807, 2.05) is 42.0 Å². The highest BCUT2D eigenvalue weighted by atomic mass is 19.4. The fourth-order valence-electron chi connectivity index (χ4n) is 3.56. The molecule has 0 bridgehead atoms. The van der Waals surface area contributed by atoms with Crippen molar-refractivity contribution in [2.45, 2.75) is 13.1 Å². The molecule has 0 N–H and O–H groups in total. The molecule has 5 nitrogen and oxygen atoms in total. The van der Waals surface area contributed by atoms with Gasteiger partial charge in [-0.25, -0.2) is 4.98 Å². The van der Waals surface area contributed by atoms with Crippen molar-refractivity contribution in [2.24, 2.45) is 0 Å². The van der Waals surface area contributed by atoms with Gasteiger partial charge in [0.25, 0.3) is 5.91 Å². The maximum Gasteiger partial charge on any atom is 0.416 e. The third-order valence-electron chi connectivity index (χ3n) is 5.22. The lowest BCUT2D eigenvalue weighted by molar-refractivity contribution is -0.137. The maximum absolute atomic E-state index is 12.9. The molecule has 0 unspecified atom stereocenters. The minimum atomic E-state index is -4.47. The maximum atomic E-state index is 12.9. The number of amides is 1. The number of benzene rings is 2. The second kappa shape index (κ2) is 7.85. The average Bonchev–Trinajstić information content (AvgIpc) is 3.23. The number of imidazole rings is 1. The molecule has 1 amide bonds. The lowest BCUT2D eigenvalue weighted by atomic mass is 10.1. The van der Waals surface area contributed by atoms with Gasteiger partial charge < -0.3 is 9.80 Å². The molecular formula is C22H21F3N4O. The fraction of sp³-hybridized carbons (Fsp3) is 0.273. The average molecular weight is 414 g/mol. The highest BCUT2D eigenvalue weighted by Crippen LogP contribution is 2.30. The number of nitrogens with zero attached hydrogens (tertiary/aromatic N) is 4. The van der Waals surface area contributed by atoms with E-state index in [9.17, 15) is 18.0 Å². The zero-order valence-corrected chi connectivity index (χ0v) is 16.4. The first-order valence-electron chi connectivity index (χ1n) is 9.65. The molecule has 1 saturated heterocycles. The lowest BCUT2D eigenvalue weighted by Crippen LogP contribution is -2.49. The summed E-state index contributed by atoms with van der Waals surface area (Å²) in [5.74, 6) is 0.396. The van der Waals surface area contributed by atoms with Crippen LogP contribution < -0.4 is 4.90 Å². The van der Waals surface area contributed by atoms with E-state index in [-0.39, 0.29) is 11.5 Å². The van der Waals surface area contributed by atoms with E-state index >= 15 is 0 Å². The van der Waals surface area contributed by atoms with E-state index in [0.29, 0.717) is 26.2 Å². The number of halogens is 3. The molecule has 1 aliphatic heterocycles. The smallest absolute Gasteiger partial charge is 0.338 e. The first kappa shape index (κ1) is 20.0. The summed E-state index contributed by atoms with van der Waals surface area (Å²) in [5.41, 5.74) is 1.41. The second-order valence-electron chi connectivity index (χ2n) is 7.29. The Labute approximate surface area is 172 Å². The molecular weight excluding hydrogens is 393 g/mol. The molecule has 8 heteroatoms. The monoisotopic (exact) mass is 414 g/mol. The van der Waals surface area contributed by atoms with Crippen molar-refractivity contribution in [2.75, 3.05) is 31.1 Å². The molecule has 2 heterocycles. The number of hydrogen-bond donors (Lipinski definition) is 0. The van der Waals surface area contributed by atoms with Gasteiger partial charge in [-0.05, 0) is 37.3 Å². The summed E-state index contributed by atoms with van der Waals surface area (Å²) in [5, 5.41) is 0. The Morgan fingerprint density at radius 3 is 2.37 bits per heavy atom. The third-order valence-corrected chi connectivity index (χ3v) is 5.22. The lowest BCUT2D eigenvalue weighted by Gasteiger charge is -2.35. The molecule has 4 rings (SSSR count). The fourth-order valence-corrected chi connectivity index (χ4v) is 3.56. The molecule has 0 atom stereocenters. The predicted molar refractivity (Wildman–Crippen MR) is 108 cm³/mol. The summed E-state index contributed by atoms with van der Waals surface area (Å²) in [7, 11) is 0. The van der Waals surface area contributed by atoms with Gasteiger partial charge in [0.05, 0.1) is 5.56 Å². The van der Waals surface area contributed by atoms with Crippen molar-refractivity contribution in [3.05, 3.63) is 77.6 Å². The van der Waals surface area contributed by atoms with Crippen molar-refractivity contribution < 1.29 is 18.0 Å². The largest absolute Gasteiger partial charge is 0.416 e. The Balaban J connectivity index is 1.46. The summed E-state index contributed by atoms with van der Waals surface area (Å²) in [6.07, 6.45) is -0.850. The van der Waals surface area contributed by atoms with Crippen molar-refractivity contribution in [3.63, 3.8) is 0 Å². The molecule has 0 aliphatic carbocycles. The second-order valence-corrected chi connectivity index (χ2v) is 7.29. The Hall–Kier alpha value is -3.29. The molecule has 3 aromatic rings. The van der Waals surface area contributed by atoms with Gasteiger partial charge in [0.15, 0.2) is 0 Å². The van der Waals surface area contributed by atoms with E-state index in [1.165, 1.54) is 17.7 Å². The third kappa shape index (κ3) is 4.03. The predicted octanol–water partition coefficient (Wildman–Crippen LogP) is 4.16. The number of alkyl halides is 3. The van der Waals surface area contributed by atoms with Crippen molar-refractivity contribution in [1.29, 1.82) is 0 Å². The highest BCUT2D eigenvalue weighted by Gasteiger charge is 2.32. The van der Waals surface area contributed by atoms with Crippen LogP contribution in [0.3, 0.4) is 0 Å². The first-order chi connectivity index (χ1) is 14.3. The zero-order valence-electron chi connectivity index (χ0n) is 16.4. The molecule has 2 aromatic carbocycles. The van der Waals surface area contributed by atoms with Gasteiger partial charge in [-0.1, -0.05) is 23.8 Å². The number of aryl methyl sites for hydroxylation is 1. The standard InChI is InChI=1S/C22H21F3N4O/c1-16-5-7-19(8-6-16)29-10-9-26-21(29)28-13-11-27(12-14-28)20(30)17-3-2-4-18(15-17)22(23,24)25/h2-10,15H,11-14H2,1H3. The number of carbonyl (C=O) groups is 1. The number of rotatable bonds is 3. The normalized spacial score (nSPS) is 14.8. The van der Waals surface area contributed by atoms with Crippen LogP contribution in [0.2, 0.25) is 0 Å². The number of hydrogen-bond acceptors (Lipinski definition) is 3. The van der Waals surface area contributed by atoms with Crippen LogP contribution in [0.1, 0.15) is 21.5 Å². The van der Waals surface area contributed by atoms with Crippen LogP contribution in [0, 0.1) is 6.92 Å². The van der Waals surface area contributed by atoms with Crippen LogP contribution in [0.5, 0.6) is 0 Å². The van der Waals surface area contributed by atoms with Crippen LogP contribution in [-0.4, -0.2) is 46.5 Å². The van der Waals surface area contributed by atoms with Gasteiger partial charge >= 0.3 is 6.18 Å². The van der Waals surface area contributed by atoms with Crippen LogP contribution in [0.25, 0.3) is 5.69 Å². The van der Waals surface area contributed by atoms with E-state index in [2.05, 4.69) is 9.88 Å². The van der Waals surface area contributed by atoms with E-state index in [1.54, 1.807) is 11.1 Å². The number of piperazine rings is 1. The van der Waals surface area contributed by atoms with E-state index in [4.69, 9.17) is 0 Å². The van der Waals surface area contributed by atoms with Crippen LogP contribution in [0.15, 0.2) is 60.9 Å². The topological polar surface area (TPSA) is 41.4 Å². The van der Waals surface area contributed by atoms with Crippen molar-refractivity contribution in [1.82, 2.24) is 14.5 Å². The van der Waals surface area contributed by atoms with Gasteiger partial charge in [0, 0.05) is 49.8 Å². The Kier molecular flexibility index (Phi) is 5.24. The summed E-state index contributed by atoms with van der Waals surface area (Å²) in [6, 6.07) is 12.7. The molecule has 1 fully saturated rings. The molecule has 30 heavy (non-hydrogen) atoms. The Morgan fingerprint density at radius 1 is 1.00 bits per heavy atom. The van der Waals surface area contributed by atoms with Gasteiger partial charge in [-0.2, -0.15) is 13.2 Å². The van der Waals surface area contributed by atoms with E-state index in [0.717, 1.165) is 23.8 Å². The Bertz CT molecular complexity index is 1040. The molecule has 1 aromatic heterocycles. The summed E-state index contributed by atoms with van der Waals surface area (Å²) in [4.78, 5) is 20.8. The SMILES string of the molecule is Cc1ccc(-n2ccnc2N2CCN(C(=O)c3cccc(C(F)(F)F)c3)CC2)cc1. The summed E-state index contributed by atoms with van der Waals surface area (Å²) < 4.78 is 40.8. The van der Waals surface area contributed by atoms with Crippen LogP contribution >= 0.6 is 0 Å². The van der Waals surface area contributed by atoms with Crippen molar-refractivity contribution >= 4 is 11.9 Å². The minimum absolute atomic E-state index is 0.0550. The highest BCUT2D eigenvalue weighted by molar-refractivity contribution is 5.94. The molecule has 156 valence electrons. The van der Waals surface area contributed by atoms with Gasteiger partial charge in [-0.3, -0.25) is 9.36 Å². The Morgan fingerprint density at radius 2 is 1.70 bits per heavy atom. The van der Waals surface area contributed by atoms with Gasteiger partial charge in [-0.15, -0.1) is 0 Å². The van der Waals surface area contributed by atoms with Gasteiger partial charge in [0.2, 0.25) is 5.95 Å². The summed E-state index contributed by atoms with van der Waals surface area (Å²) in [6.45, 7) is 3.95. The summed E-state index contributed by atoms with van der Waals surface area (Å²) >= 11 is 0. The number of carbonyl (C=O) groups excluding carboxylic acids is 1. The minimum Gasteiger partial charge on any atom is -0.338 e. The molecule has 0 spiro atoms. The number of aromatic nitrogens is 2. The number of anilines is 1. The first-order valence-corrected chi connectivity index (χ1v) is 9.65. The molecule has 0 radical (unpaired) electrons. The van der Waals surface area contributed by atoms with Gasteiger partial charge in [0.1, 0.15) is 0 Å².